The van der Waals surface area contributed by atoms with Gasteiger partial charge in [0, 0.05) is 43.5 Å². The zero-order valence-corrected chi connectivity index (χ0v) is 23.3. The van der Waals surface area contributed by atoms with Crippen LogP contribution in [0, 0.1) is 18.3 Å². The van der Waals surface area contributed by atoms with Crippen LogP contribution in [-0.2, 0) is 16.0 Å². The van der Waals surface area contributed by atoms with E-state index in [1.165, 1.54) is 16.7 Å². The standard InChI is InChI=1S/C32H38ClN3O2/c1-23-9-11-24(12-10-23)21-28(31(34)38)32(2,3)22-29(37)35-17-19-36(20-18-35)30(25-7-5-4-6-8-25)26-13-15-27(33)16-14-26/h4-16,28,30H,17-22H2,1-3H3,(H2,34,38). The summed E-state index contributed by atoms with van der Waals surface area (Å²) in [6, 6.07) is 26.7. The summed E-state index contributed by atoms with van der Waals surface area (Å²) in [5, 5.41) is 0.718. The largest absolute Gasteiger partial charge is 0.369 e. The van der Waals surface area contributed by atoms with E-state index in [1.807, 2.05) is 68.1 Å². The molecule has 5 nitrogen and oxygen atoms in total. The molecule has 2 N–H and O–H groups in total. The number of carbonyl (C=O) groups is 2. The molecule has 2 unspecified atom stereocenters. The Balaban J connectivity index is 1.42. The van der Waals surface area contributed by atoms with Gasteiger partial charge in [0.15, 0.2) is 0 Å². The summed E-state index contributed by atoms with van der Waals surface area (Å²) in [6.45, 7) is 8.81. The highest BCUT2D eigenvalue weighted by Gasteiger charge is 2.38. The van der Waals surface area contributed by atoms with Crippen molar-refractivity contribution in [1.29, 1.82) is 0 Å². The number of carbonyl (C=O) groups excluding carboxylic acids is 2. The van der Waals surface area contributed by atoms with E-state index in [1.54, 1.807) is 0 Å². The van der Waals surface area contributed by atoms with Gasteiger partial charge in [-0.25, -0.2) is 0 Å². The van der Waals surface area contributed by atoms with Crippen LogP contribution in [0.5, 0.6) is 0 Å². The maximum absolute atomic E-state index is 13.4. The third-order valence-corrected chi connectivity index (χ3v) is 8.04. The Hall–Kier alpha value is -3.15. The molecular formula is C32H38ClN3O2. The second kappa shape index (κ2) is 12.1. The molecule has 200 valence electrons. The van der Waals surface area contributed by atoms with Crippen molar-refractivity contribution in [2.24, 2.45) is 17.1 Å². The molecule has 1 heterocycles. The van der Waals surface area contributed by atoms with Gasteiger partial charge in [-0.05, 0) is 47.6 Å². The summed E-state index contributed by atoms with van der Waals surface area (Å²) in [6.07, 6.45) is 0.815. The first-order chi connectivity index (χ1) is 18.1. The Morgan fingerprint density at radius 3 is 2.03 bits per heavy atom. The van der Waals surface area contributed by atoms with E-state index in [0.717, 1.165) is 23.7 Å². The second-order valence-electron chi connectivity index (χ2n) is 11.1. The fourth-order valence-electron chi connectivity index (χ4n) is 5.47. The highest BCUT2D eigenvalue weighted by atomic mass is 35.5. The van der Waals surface area contributed by atoms with Gasteiger partial charge in [0.1, 0.15) is 0 Å². The van der Waals surface area contributed by atoms with Gasteiger partial charge in [0.05, 0.1) is 6.04 Å². The molecular weight excluding hydrogens is 494 g/mol. The van der Waals surface area contributed by atoms with E-state index in [9.17, 15) is 9.59 Å². The van der Waals surface area contributed by atoms with Crippen molar-refractivity contribution in [3.63, 3.8) is 0 Å². The van der Waals surface area contributed by atoms with Gasteiger partial charge in [-0.1, -0.05) is 97.7 Å². The summed E-state index contributed by atoms with van der Waals surface area (Å²) < 4.78 is 0. The molecule has 1 aliphatic rings. The van der Waals surface area contributed by atoms with E-state index in [-0.39, 0.29) is 24.3 Å². The zero-order valence-electron chi connectivity index (χ0n) is 22.6. The first-order valence-corrected chi connectivity index (χ1v) is 13.7. The Kier molecular flexibility index (Phi) is 8.91. The maximum Gasteiger partial charge on any atom is 0.223 e. The number of nitrogens with zero attached hydrogens (tertiary/aromatic N) is 2. The molecule has 0 radical (unpaired) electrons. The van der Waals surface area contributed by atoms with Crippen molar-refractivity contribution in [3.8, 4) is 0 Å². The minimum atomic E-state index is -0.555. The van der Waals surface area contributed by atoms with Crippen molar-refractivity contribution in [2.45, 2.75) is 39.7 Å². The zero-order chi connectivity index (χ0) is 27.3. The summed E-state index contributed by atoms with van der Waals surface area (Å²) >= 11 is 6.16. The lowest BCUT2D eigenvalue weighted by atomic mass is 9.72. The van der Waals surface area contributed by atoms with Crippen LogP contribution in [0.15, 0.2) is 78.9 Å². The van der Waals surface area contributed by atoms with Crippen molar-refractivity contribution in [3.05, 3.63) is 106 Å². The molecule has 2 amide bonds. The fraction of sp³-hybridized carbons (Fsp3) is 0.375. The quantitative estimate of drug-likeness (QED) is 0.388. The molecule has 3 aromatic carbocycles. The number of rotatable bonds is 9. The lowest BCUT2D eigenvalue weighted by Gasteiger charge is -2.41. The van der Waals surface area contributed by atoms with Crippen molar-refractivity contribution < 1.29 is 9.59 Å². The SMILES string of the molecule is Cc1ccc(CC(C(N)=O)C(C)(C)CC(=O)N2CCN(C(c3ccccc3)c3ccc(Cl)cc3)CC2)cc1. The number of amides is 2. The van der Waals surface area contributed by atoms with Crippen molar-refractivity contribution in [1.82, 2.24) is 9.80 Å². The second-order valence-corrected chi connectivity index (χ2v) is 11.5. The maximum atomic E-state index is 13.4. The Morgan fingerprint density at radius 2 is 1.45 bits per heavy atom. The molecule has 0 spiro atoms. The number of primary amides is 1. The molecule has 2 atom stereocenters. The fourth-order valence-corrected chi connectivity index (χ4v) is 5.60. The lowest BCUT2D eigenvalue weighted by Crippen LogP contribution is -2.51. The van der Waals surface area contributed by atoms with E-state index in [4.69, 9.17) is 17.3 Å². The van der Waals surface area contributed by atoms with Crippen LogP contribution in [0.3, 0.4) is 0 Å². The van der Waals surface area contributed by atoms with Crippen LogP contribution in [0.1, 0.15) is 48.6 Å². The van der Waals surface area contributed by atoms with Crippen LogP contribution in [0.2, 0.25) is 5.02 Å². The van der Waals surface area contributed by atoms with Crippen LogP contribution in [-0.4, -0.2) is 47.8 Å². The summed E-state index contributed by atoms with van der Waals surface area (Å²) in [5.74, 6) is -0.711. The smallest absolute Gasteiger partial charge is 0.223 e. The first-order valence-electron chi connectivity index (χ1n) is 13.3. The van der Waals surface area contributed by atoms with Crippen LogP contribution in [0.25, 0.3) is 0 Å². The highest BCUT2D eigenvalue weighted by molar-refractivity contribution is 6.30. The number of nitrogens with two attached hydrogens (primary N) is 1. The molecule has 0 saturated carbocycles. The predicted octanol–water partition coefficient (Wildman–Crippen LogP) is 5.64. The summed E-state index contributed by atoms with van der Waals surface area (Å²) in [5.41, 5.74) is 9.92. The molecule has 38 heavy (non-hydrogen) atoms. The topological polar surface area (TPSA) is 66.6 Å². The van der Waals surface area contributed by atoms with Crippen LogP contribution >= 0.6 is 11.6 Å². The molecule has 4 rings (SSSR count). The van der Waals surface area contributed by atoms with Gasteiger partial charge in [-0.2, -0.15) is 0 Å². The van der Waals surface area contributed by atoms with E-state index >= 15 is 0 Å². The Morgan fingerprint density at radius 1 is 0.868 bits per heavy atom. The number of hydrogen-bond donors (Lipinski definition) is 1. The number of benzene rings is 3. The van der Waals surface area contributed by atoms with Crippen LogP contribution in [0.4, 0.5) is 0 Å². The average Bonchev–Trinajstić information content (AvgIpc) is 2.90. The van der Waals surface area contributed by atoms with Gasteiger partial charge in [0.25, 0.3) is 0 Å². The highest BCUT2D eigenvalue weighted by Crippen LogP contribution is 2.35. The summed E-state index contributed by atoms with van der Waals surface area (Å²) in [4.78, 5) is 30.3. The third kappa shape index (κ3) is 6.83. The lowest BCUT2D eigenvalue weighted by molar-refractivity contribution is -0.137. The van der Waals surface area contributed by atoms with Gasteiger partial charge < -0.3 is 10.6 Å². The molecule has 0 aliphatic carbocycles. The Labute approximate surface area is 231 Å². The van der Waals surface area contributed by atoms with Gasteiger partial charge in [-0.3, -0.25) is 14.5 Å². The van der Waals surface area contributed by atoms with Gasteiger partial charge in [-0.15, -0.1) is 0 Å². The third-order valence-electron chi connectivity index (χ3n) is 7.79. The van der Waals surface area contributed by atoms with Gasteiger partial charge in [0.2, 0.25) is 11.8 Å². The van der Waals surface area contributed by atoms with Crippen molar-refractivity contribution >= 4 is 23.4 Å². The monoisotopic (exact) mass is 531 g/mol. The minimum absolute atomic E-state index is 0.0764. The van der Waals surface area contributed by atoms with E-state index in [0.29, 0.717) is 19.5 Å². The van der Waals surface area contributed by atoms with E-state index < -0.39 is 11.3 Å². The molecule has 1 fully saturated rings. The number of halogens is 1. The molecule has 0 bridgehead atoms. The molecule has 3 aromatic rings. The molecule has 6 heteroatoms. The Bertz CT molecular complexity index is 1220. The summed E-state index contributed by atoms with van der Waals surface area (Å²) in [7, 11) is 0. The number of aryl methyl sites for hydroxylation is 1. The first kappa shape index (κ1) is 27.9. The molecule has 0 aromatic heterocycles. The average molecular weight is 532 g/mol. The number of hydrogen-bond acceptors (Lipinski definition) is 3. The normalized spacial score (nSPS) is 16.2. The van der Waals surface area contributed by atoms with E-state index in [2.05, 4.69) is 41.3 Å². The van der Waals surface area contributed by atoms with Gasteiger partial charge >= 0.3 is 0 Å². The predicted molar refractivity (Wildman–Crippen MR) is 154 cm³/mol. The minimum Gasteiger partial charge on any atom is -0.369 e. The molecule has 1 aliphatic heterocycles. The molecule has 1 saturated heterocycles. The van der Waals surface area contributed by atoms with Crippen molar-refractivity contribution in [2.75, 3.05) is 26.2 Å². The van der Waals surface area contributed by atoms with Crippen LogP contribution < -0.4 is 5.73 Å². The number of piperazine rings is 1.